The normalized spacial score (nSPS) is 12.5. The molecule has 6 heteroatoms. The lowest BCUT2D eigenvalue weighted by molar-refractivity contribution is -0.387. The zero-order valence-corrected chi connectivity index (χ0v) is 7.89. The second-order valence-corrected chi connectivity index (χ2v) is 3.05. The summed E-state index contributed by atoms with van der Waals surface area (Å²) in [5.74, 6) is -1.53. The van der Waals surface area contributed by atoms with Gasteiger partial charge in [0.25, 0.3) is 0 Å². The van der Waals surface area contributed by atoms with Crippen molar-refractivity contribution < 1.29 is 14.4 Å². The number of halogens is 1. The van der Waals surface area contributed by atoms with Crippen molar-refractivity contribution in [1.82, 2.24) is 0 Å². The van der Waals surface area contributed by atoms with E-state index >= 15 is 0 Å². The van der Waals surface area contributed by atoms with E-state index < -0.39 is 22.3 Å². The summed E-state index contributed by atoms with van der Waals surface area (Å²) in [7, 11) is 0. The Bertz CT molecular complexity index is 366. The van der Waals surface area contributed by atoms with Gasteiger partial charge in [-0.15, -0.1) is 0 Å². The second-order valence-electron chi connectivity index (χ2n) is 3.05. The molecule has 0 aliphatic carbocycles. The van der Waals surface area contributed by atoms with Gasteiger partial charge in [-0.3, -0.25) is 10.1 Å². The summed E-state index contributed by atoms with van der Waals surface area (Å²) < 4.78 is 13.5. The Balaban J connectivity index is 3.19. The van der Waals surface area contributed by atoms with Crippen molar-refractivity contribution in [1.29, 1.82) is 0 Å². The van der Waals surface area contributed by atoms with Gasteiger partial charge in [-0.1, -0.05) is 12.1 Å². The van der Waals surface area contributed by atoms with Gasteiger partial charge in [0, 0.05) is 24.1 Å². The largest absolute Gasteiger partial charge is 0.396 e. The first-order valence-corrected chi connectivity index (χ1v) is 4.35. The van der Waals surface area contributed by atoms with E-state index in [-0.39, 0.29) is 18.7 Å². The molecule has 15 heavy (non-hydrogen) atoms. The molecule has 82 valence electrons. The summed E-state index contributed by atoms with van der Waals surface area (Å²) in [5.41, 5.74) is 4.79. The summed E-state index contributed by atoms with van der Waals surface area (Å²) in [6.07, 6.45) is 0. The molecule has 0 aromatic heterocycles. The third-order valence-corrected chi connectivity index (χ3v) is 2.15. The first kappa shape index (κ1) is 11.5. The molecule has 1 unspecified atom stereocenters. The van der Waals surface area contributed by atoms with Crippen LogP contribution >= 0.6 is 0 Å². The summed E-state index contributed by atoms with van der Waals surface area (Å²) in [4.78, 5) is 9.64. The highest BCUT2D eigenvalue weighted by molar-refractivity contribution is 5.38. The zero-order chi connectivity index (χ0) is 11.4. The van der Waals surface area contributed by atoms with E-state index in [1.54, 1.807) is 0 Å². The SMILES string of the molecule is NCC(CO)c1cccc([N+](=O)[O-])c1F. The molecule has 3 N–H and O–H groups in total. The van der Waals surface area contributed by atoms with Crippen molar-refractivity contribution in [3.05, 3.63) is 39.7 Å². The topological polar surface area (TPSA) is 89.4 Å². The standard InChI is InChI=1S/C9H11FN2O3/c10-9-7(6(4-11)5-13)2-1-3-8(9)12(14)15/h1-3,6,13H,4-5,11H2. The number of rotatable bonds is 4. The Labute approximate surface area is 85.5 Å². The van der Waals surface area contributed by atoms with Gasteiger partial charge in [-0.2, -0.15) is 4.39 Å². The molecule has 0 fully saturated rings. The van der Waals surface area contributed by atoms with Crippen LogP contribution in [0, 0.1) is 15.9 Å². The number of nitro groups is 1. The predicted octanol–water partition coefficient (Wildman–Crippen LogP) is 0.768. The van der Waals surface area contributed by atoms with Gasteiger partial charge in [0.2, 0.25) is 5.82 Å². The minimum atomic E-state index is -0.924. The highest BCUT2D eigenvalue weighted by atomic mass is 19.1. The van der Waals surface area contributed by atoms with Gasteiger partial charge >= 0.3 is 5.69 Å². The highest BCUT2D eigenvalue weighted by Crippen LogP contribution is 2.25. The first-order valence-electron chi connectivity index (χ1n) is 4.35. The Morgan fingerprint density at radius 3 is 2.73 bits per heavy atom. The maximum atomic E-state index is 13.5. The van der Waals surface area contributed by atoms with E-state index in [2.05, 4.69) is 0 Å². The van der Waals surface area contributed by atoms with Crippen LogP contribution in [0.1, 0.15) is 11.5 Å². The average molecular weight is 214 g/mol. The third kappa shape index (κ3) is 2.28. The van der Waals surface area contributed by atoms with E-state index in [1.165, 1.54) is 12.1 Å². The molecule has 0 radical (unpaired) electrons. The number of nitro benzene ring substituents is 1. The molecule has 0 bridgehead atoms. The van der Waals surface area contributed by atoms with Crippen LogP contribution < -0.4 is 5.73 Å². The Morgan fingerprint density at radius 2 is 2.27 bits per heavy atom. The van der Waals surface area contributed by atoms with Crippen LogP contribution in [0.5, 0.6) is 0 Å². The molecule has 0 heterocycles. The number of hydrogen-bond donors (Lipinski definition) is 2. The highest BCUT2D eigenvalue weighted by Gasteiger charge is 2.21. The van der Waals surface area contributed by atoms with Gasteiger partial charge in [-0.05, 0) is 0 Å². The monoisotopic (exact) mass is 214 g/mol. The third-order valence-electron chi connectivity index (χ3n) is 2.15. The zero-order valence-electron chi connectivity index (χ0n) is 7.89. The average Bonchev–Trinajstić information content (AvgIpc) is 2.21. The molecular formula is C9H11FN2O3. The summed E-state index contributed by atoms with van der Waals surface area (Å²) in [6, 6.07) is 3.83. The first-order chi connectivity index (χ1) is 7.11. The van der Waals surface area contributed by atoms with Crippen LogP contribution in [0.15, 0.2) is 18.2 Å². The van der Waals surface area contributed by atoms with Gasteiger partial charge in [-0.25, -0.2) is 0 Å². The molecule has 0 saturated heterocycles. The van der Waals surface area contributed by atoms with Gasteiger partial charge < -0.3 is 10.8 Å². The molecule has 1 aromatic carbocycles. The second kappa shape index (κ2) is 4.81. The summed E-state index contributed by atoms with van der Waals surface area (Å²) >= 11 is 0. The Hall–Kier alpha value is -1.53. The molecule has 1 aromatic rings. The van der Waals surface area contributed by atoms with Crippen LogP contribution in [0.2, 0.25) is 0 Å². The van der Waals surface area contributed by atoms with Gasteiger partial charge in [0.1, 0.15) is 0 Å². The van der Waals surface area contributed by atoms with Crippen LogP contribution in [0.25, 0.3) is 0 Å². The van der Waals surface area contributed by atoms with Crippen LogP contribution in [0.4, 0.5) is 10.1 Å². The van der Waals surface area contributed by atoms with E-state index in [9.17, 15) is 14.5 Å². The smallest absolute Gasteiger partial charge is 0.305 e. The van der Waals surface area contributed by atoms with Crippen molar-refractivity contribution >= 4 is 5.69 Å². The fourth-order valence-electron chi connectivity index (χ4n) is 1.29. The number of benzene rings is 1. The number of nitrogens with two attached hydrogens (primary N) is 1. The number of aliphatic hydroxyl groups is 1. The lowest BCUT2D eigenvalue weighted by atomic mass is 9.99. The van der Waals surface area contributed by atoms with Crippen molar-refractivity contribution in [3.63, 3.8) is 0 Å². The van der Waals surface area contributed by atoms with E-state index in [4.69, 9.17) is 10.8 Å². The van der Waals surface area contributed by atoms with Crippen molar-refractivity contribution in [3.8, 4) is 0 Å². The lowest BCUT2D eigenvalue weighted by Crippen LogP contribution is -2.17. The molecule has 5 nitrogen and oxygen atoms in total. The molecule has 1 atom stereocenters. The lowest BCUT2D eigenvalue weighted by Gasteiger charge is -2.12. The molecule has 0 aliphatic rings. The molecule has 0 aliphatic heterocycles. The molecular weight excluding hydrogens is 203 g/mol. The van der Waals surface area contributed by atoms with Gasteiger partial charge in [0.15, 0.2) is 0 Å². The van der Waals surface area contributed by atoms with Crippen LogP contribution in [-0.2, 0) is 0 Å². The number of hydrogen-bond acceptors (Lipinski definition) is 4. The number of aliphatic hydroxyl groups excluding tert-OH is 1. The minimum absolute atomic E-state index is 0.0363. The Morgan fingerprint density at radius 1 is 1.60 bits per heavy atom. The van der Waals surface area contributed by atoms with E-state index in [0.29, 0.717) is 0 Å². The quantitative estimate of drug-likeness (QED) is 0.572. The van der Waals surface area contributed by atoms with Crippen LogP contribution in [-0.4, -0.2) is 23.2 Å². The minimum Gasteiger partial charge on any atom is -0.396 e. The van der Waals surface area contributed by atoms with Crippen molar-refractivity contribution in [2.24, 2.45) is 5.73 Å². The molecule has 0 spiro atoms. The van der Waals surface area contributed by atoms with E-state index in [0.717, 1.165) is 6.07 Å². The number of nitrogens with zero attached hydrogens (tertiary/aromatic N) is 1. The Kier molecular flexibility index (Phi) is 3.70. The molecule has 0 saturated carbocycles. The van der Waals surface area contributed by atoms with Crippen LogP contribution in [0.3, 0.4) is 0 Å². The fourth-order valence-corrected chi connectivity index (χ4v) is 1.29. The molecule has 0 amide bonds. The maximum Gasteiger partial charge on any atom is 0.305 e. The van der Waals surface area contributed by atoms with Crippen molar-refractivity contribution in [2.75, 3.05) is 13.2 Å². The van der Waals surface area contributed by atoms with Crippen molar-refractivity contribution in [2.45, 2.75) is 5.92 Å². The maximum absolute atomic E-state index is 13.5. The fraction of sp³-hybridized carbons (Fsp3) is 0.333. The molecule has 1 rings (SSSR count). The predicted molar refractivity (Wildman–Crippen MR) is 51.9 cm³/mol. The van der Waals surface area contributed by atoms with Gasteiger partial charge in [0.05, 0.1) is 11.5 Å². The summed E-state index contributed by atoms with van der Waals surface area (Å²) in [6.45, 7) is -0.302. The summed E-state index contributed by atoms with van der Waals surface area (Å²) in [5, 5.41) is 19.4. The van der Waals surface area contributed by atoms with E-state index in [1.807, 2.05) is 0 Å².